The summed E-state index contributed by atoms with van der Waals surface area (Å²) in [5, 5.41) is 13.5. The van der Waals surface area contributed by atoms with Gasteiger partial charge in [0.2, 0.25) is 17.5 Å². The fraction of sp³-hybridized carbons (Fsp3) is 0.385. The fourth-order valence-electron chi connectivity index (χ4n) is 3.94. The van der Waals surface area contributed by atoms with E-state index in [1.165, 1.54) is 11.1 Å². The van der Waals surface area contributed by atoms with Crippen LogP contribution in [-0.4, -0.2) is 42.7 Å². The van der Waals surface area contributed by atoms with E-state index in [0.29, 0.717) is 48.2 Å². The summed E-state index contributed by atoms with van der Waals surface area (Å²) in [6.45, 7) is 8.18. The van der Waals surface area contributed by atoms with Gasteiger partial charge in [0.15, 0.2) is 6.61 Å². The molecule has 34 heavy (non-hydrogen) atoms. The monoisotopic (exact) mass is 480 g/mol. The van der Waals surface area contributed by atoms with Crippen molar-refractivity contribution in [2.24, 2.45) is 0 Å². The molecule has 178 valence electrons. The molecule has 1 aromatic heterocycles. The number of nitrogens with zero attached hydrogens (tertiary/aromatic N) is 3. The molecule has 1 N–H and O–H groups in total. The number of anilines is 1. The molecule has 2 aromatic carbocycles. The van der Waals surface area contributed by atoms with E-state index in [1.807, 2.05) is 0 Å². The molecule has 0 radical (unpaired) electrons. The van der Waals surface area contributed by atoms with Crippen molar-refractivity contribution < 1.29 is 13.9 Å². The second-order valence-corrected chi connectivity index (χ2v) is 8.94. The maximum Gasteiger partial charge on any atom is 0.236 e. The first-order chi connectivity index (χ1) is 16.5. The van der Waals surface area contributed by atoms with E-state index < -0.39 is 0 Å². The van der Waals surface area contributed by atoms with Gasteiger partial charge in [0.05, 0.1) is 19.3 Å². The average molecular weight is 481 g/mol. The zero-order valence-corrected chi connectivity index (χ0v) is 20.2. The Morgan fingerprint density at radius 1 is 1.09 bits per heavy atom. The molecule has 0 unspecified atom stereocenters. The van der Waals surface area contributed by atoms with Crippen LogP contribution in [0.15, 0.2) is 52.9 Å². The SMILES string of the molecule is CC(C)c1ccc([C@H](CNc2oc(COc3ccc(Cl)cc3)nc2C#N)N2CCOCC2)cc1. The van der Waals surface area contributed by atoms with E-state index in [0.717, 1.165) is 13.1 Å². The van der Waals surface area contributed by atoms with Gasteiger partial charge in [-0.2, -0.15) is 10.2 Å². The first-order valence-corrected chi connectivity index (χ1v) is 11.8. The molecule has 4 rings (SSSR count). The molecule has 7 nitrogen and oxygen atoms in total. The molecule has 0 aliphatic carbocycles. The largest absolute Gasteiger partial charge is 0.484 e. The Hall–Kier alpha value is -3.05. The molecule has 3 aromatic rings. The van der Waals surface area contributed by atoms with Gasteiger partial charge in [0.1, 0.15) is 11.8 Å². The summed E-state index contributed by atoms with van der Waals surface area (Å²) < 4.78 is 17.1. The van der Waals surface area contributed by atoms with Crippen LogP contribution in [0.1, 0.15) is 48.5 Å². The highest BCUT2D eigenvalue weighted by atomic mass is 35.5. The number of nitrogens with one attached hydrogen (secondary N) is 1. The summed E-state index contributed by atoms with van der Waals surface area (Å²) in [7, 11) is 0. The van der Waals surface area contributed by atoms with Gasteiger partial charge in [0.25, 0.3) is 0 Å². The number of hydrogen-bond acceptors (Lipinski definition) is 7. The van der Waals surface area contributed by atoms with Gasteiger partial charge in [0, 0.05) is 24.7 Å². The zero-order chi connectivity index (χ0) is 23.9. The van der Waals surface area contributed by atoms with Crippen molar-refractivity contribution in [3.8, 4) is 11.8 Å². The average Bonchev–Trinajstić information content (AvgIpc) is 3.27. The third-order valence-corrected chi connectivity index (χ3v) is 6.14. The maximum atomic E-state index is 9.57. The fourth-order valence-corrected chi connectivity index (χ4v) is 4.06. The Morgan fingerprint density at radius 3 is 2.41 bits per heavy atom. The van der Waals surface area contributed by atoms with E-state index in [-0.39, 0.29) is 18.3 Å². The standard InChI is InChI=1S/C26H29ClN4O3/c1-18(2)19-3-5-20(6-4-19)24(31-11-13-32-14-12-31)16-29-26-23(15-28)30-25(34-26)17-33-22-9-7-21(27)8-10-22/h3-10,18,24,29H,11-14,16-17H2,1-2H3/t24-/m0/s1. The van der Waals surface area contributed by atoms with Crippen LogP contribution < -0.4 is 10.1 Å². The number of hydrogen-bond donors (Lipinski definition) is 1. The van der Waals surface area contributed by atoms with Crippen LogP contribution in [0.3, 0.4) is 0 Å². The van der Waals surface area contributed by atoms with Gasteiger partial charge < -0.3 is 19.2 Å². The number of halogens is 1. The third kappa shape index (κ3) is 6.09. The van der Waals surface area contributed by atoms with Crippen LogP contribution in [0.4, 0.5) is 5.88 Å². The Kier molecular flexibility index (Phi) is 8.07. The lowest BCUT2D eigenvalue weighted by molar-refractivity contribution is 0.0186. The number of nitriles is 1. The van der Waals surface area contributed by atoms with Gasteiger partial charge in [-0.1, -0.05) is 49.7 Å². The Labute approximate surface area is 205 Å². The summed E-state index contributed by atoms with van der Waals surface area (Å²) in [4.78, 5) is 6.68. The van der Waals surface area contributed by atoms with Crippen molar-refractivity contribution in [3.63, 3.8) is 0 Å². The van der Waals surface area contributed by atoms with Crippen LogP contribution in [0, 0.1) is 11.3 Å². The number of benzene rings is 2. The minimum absolute atomic E-state index is 0.107. The lowest BCUT2D eigenvalue weighted by Gasteiger charge is -2.35. The molecule has 0 bridgehead atoms. The predicted octanol–water partition coefficient (Wildman–Crippen LogP) is 5.39. The van der Waals surface area contributed by atoms with Crippen LogP contribution in [0.25, 0.3) is 0 Å². The normalized spacial score (nSPS) is 15.1. The highest BCUT2D eigenvalue weighted by Crippen LogP contribution is 2.26. The van der Waals surface area contributed by atoms with E-state index >= 15 is 0 Å². The Morgan fingerprint density at radius 2 is 1.76 bits per heavy atom. The van der Waals surface area contributed by atoms with Crippen LogP contribution in [0.5, 0.6) is 5.75 Å². The van der Waals surface area contributed by atoms with Crippen molar-refractivity contribution in [1.82, 2.24) is 9.88 Å². The van der Waals surface area contributed by atoms with E-state index in [9.17, 15) is 5.26 Å². The Balaban J connectivity index is 1.46. The van der Waals surface area contributed by atoms with Gasteiger partial charge >= 0.3 is 0 Å². The number of aromatic nitrogens is 1. The number of rotatable bonds is 9. The topological polar surface area (TPSA) is 83.6 Å². The quantitative estimate of drug-likeness (QED) is 0.439. The van der Waals surface area contributed by atoms with Crippen molar-refractivity contribution in [3.05, 3.63) is 76.3 Å². The van der Waals surface area contributed by atoms with E-state index in [1.54, 1.807) is 24.3 Å². The molecule has 0 saturated carbocycles. The zero-order valence-electron chi connectivity index (χ0n) is 19.5. The van der Waals surface area contributed by atoms with E-state index in [2.05, 4.69) is 59.4 Å². The molecule has 2 heterocycles. The minimum atomic E-state index is 0.107. The van der Waals surface area contributed by atoms with Crippen LogP contribution in [0.2, 0.25) is 5.02 Å². The lowest BCUT2D eigenvalue weighted by Crippen LogP contribution is -2.41. The van der Waals surface area contributed by atoms with Crippen molar-refractivity contribution in [2.45, 2.75) is 32.4 Å². The highest BCUT2D eigenvalue weighted by molar-refractivity contribution is 6.30. The minimum Gasteiger partial charge on any atom is -0.484 e. The maximum absolute atomic E-state index is 9.57. The first kappa shape index (κ1) is 24.1. The molecule has 1 atom stereocenters. The van der Waals surface area contributed by atoms with Crippen LogP contribution in [-0.2, 0) is 11.3 Å². The van der Waals surface area contributed by atoms with Crippen molar-refractivity contribution in [1.29, 1.82) is 5.26 Å². The van der Waals surface area contributed by atoms with Gasteiger partial charge in [-0.25, -0.2) is 0 Å². The van der Waals surface area contributed by atoms with Crippen molar-refractivity contribution >= 4 is 17.5 Å². The smallest absolute Gasteiger partial charge is 0.236 e. The highest BCUT2D eigenvalue weighted by Gasteiger charge is 2.24. The third-order valence-electron chi connectivity index (χ3n) is 5.88. The summed E-state index contributed by atoms with van der Waals surface area (Å²) in [6, 6.07) is 18.0. The molecule has 1 saturated heterocycles. The second kappa shape index (κ2) is 11.4. The Bertz CT molecular complexity index is 1100. The van der Waals surface area contributed by atoms with Gasteiger partial charge in [-0.05, 0) is 41.3 Å². The number of oxazole rings is 1. The summed E-state index contributed by atoms with van der Waals surface area (Å²) in [5.74, 6) is 1.82. The number of morpholine rings is 1. The van der Waals surface area contributed by atoms with Gasteiger partial charge in [-0.15, -0.1) is 0 Å². The summed E-state index contributed by atoms with van der Waals surface area (Å²) in [6.07, 6.45) is 0. The second-order valence-electron chi connectivity index (χ2n) is 8.51. The first-order valence-electron chi connectivity index (χ1n) is 11.5. The molecule has 1 aliphatic heterocycles. The van der Waals surface area contributed by atoms with Gasteiger partial charge in [-0.3, -0.25) is 4.90 Å². The predicted molar refractivity (Wildman–Crippen MR) is 131 cm³/mol. The molecule has 0 amide bonds. The molecule has 1 fully saturated rings. The lowest BCUT2D eigenvalue weighted by atomic mass is 9.98. The molecule has 1 aliphatic rings. The number of ether oxygens (including phenoxy) is 2. The van der Waals surface area contributed by atoms with E-state index in [4.69, 9.17) is 25.5 Å². The summed E-state index contributed by atoms with van der Waals surface area (Å²) in [5.41, 5.74) is 2.73. The molecular formula is C26H29ClN4O3. The molecule has 0 spiro atoms. The summed E-state index contributed by atoms with van der Waals surface area (Å²) >= 11 is 5.91. The molecular weight excluding hydrogens is 452 g/mol. The molecule has 8 heteroatoms. The van der Waals surface area contributed by atoms with Crippen LogP contribution >= 0.6 is 11.6 Å². The van der Waals surface area contributed by atoms with Crippen molar-refractivity contribution in [2.75, 3.05) is 38.2 Å².